The number of aromatic carboxylic acids is 1. The molecule has 0 bridgehead atoms. The van der Waals surface area contributed by atoms with Crippen LogP contribution in [0.25, 0.3) is 0 Å². The monoisotopic (exact) mass is 195 g/mol. The van der Waals surface area contributed by atoms with Crippen LogP contribution in [0.4, 0.5) is 0 Å². The molecule has 4 heteroatoms. The van der Waals surface area contributed by atoms with Gasteiger partial charge in [0.25, 0.3) is 0 Å². The number of nitrogens with one attached hydrogen (secondary N) is 1. The second-order valence-corrected chi connectivity index (χ2v) is 3.53. The summed E-state index contributed by atoms with van der Waals surface area (Å²) in [6, 6.07) is 3.30. The number of carboxylic acid groups (broad SMARTS) is 1. The molecule has 2 N–H and O–H groups in total. The Bertz CT molecular complexity index is 326. The fraction of sp³-hybridized carbons (Fsp3) is 0.500. The van der Waals surface area contributed by atoms with E-state index in [2.05, 4.69) is 5.32 Å². The Morgan fingerprint density at radius 2 is 2.14 bits per heavy atom. The first-order valence-corrected chi connectivity index (χ1v) is 4.81. The largest absolute Gasteiger partial charge is 0.475 e. The van der Waals surface area contributed by atoms with Gasteiger partial charge in [-0.1, -0.05) is 0 Å². The van der Waals surface area contributed by atoms with Crippen molar-refractivity contribution in [2.75, 3.05) is 13.1 Å². The van der Waals surface area contributed by atoms with Crippen LogP contribution >= 0.6 is 0 Å². The third kappa shape index (κ3) is 1.80. The molecule has 1 aliphatic rings. The van der Waals surface area contributed by atoms with Gasteiger partial charge in [-0.3, -0.25) is 0 Å². The average Bonchev–Trinajstić information content (AvgIpc) is 2.68. The third-order valence-electron chi connectivity index (χ3n) is 2.58. The van der Waals surface area contributed by atoms with E-state index in [0.29, 0.717) is 5.92 Å². The Morgan fingerprint density at radius 3 is 2.71 bits per heavy atom. The van der Waals surface area contributed by atoms with Crippen LogP contribution in [-0.4, -0.2) is 24.2 Å². The molecule has 2 heterocycles. The standard InChI is InChI=1S/C10H13NO3/c12-10(13)9-2-1-8(14-9)7-3-5-11-6-4-7/h1-2,7,11H,3-6H2,(H,12,13). The maximum atomic E-state index is 10.6. The molecule has 4 nitrogen and oxygen atoms in total. The van der Waals surface area contributed by atoms with Crippen molar-refractivity contribution in [1.29, 1.82) is 0 Å². The van der Waals surface area contributed by atoms with Crippen molar-refractivity contribution in [3.8, 4) is 0 Å². The van der Waals surface area contributed by atoms with Gasteiger partial charge in [0.15, 0.2) is 0 Å². The van der Waals surface area contributed by atoms with E-state index in [9.17, 15) is 4.79 Å². The number of carboxylic acids is 1. The van der Waals surface area contributed by atoms with Crippen LogP contribution in [0, 0.1) is 0 Å². The zero-order valence-corrected chi connectivity index (χ0v) is 7.82. The van der Waals surface area contributed by atoms with Crippen LogP contribution in [0.3, 0.4) is 0 Å². The second kappa shape index (κ2) is 3.84. The van der Waals surface area contributed by atoms with Crippen molar-refractivity contribution >= 4 is 5.97 Å². The lowest BCUT2D eigenvalue weighted by atomic mass is 9.96. The summed E-state index contributed by atoms with van der Waals surface area (Å²) in [4.78, 5) is 10.6. The molecule has 0 radical (unpaired) electrons. The first-order valence-electron chi connectivity index (χ1n) is 4.81. The van der Waals surface area contributed by atoms with Gasteiger partial charge >= 0.3 is 5.97 Å². The highest BCUT2D eigenvalue weighted by Gasteiger charge is 2.19. The van der Waals surface area contributed by atoms with Crippen molar-refractivity contribution < 1.29 is 14.3 Å². The van der Waals surface area contributed by atoms with E-state index in [1.165, 1.54) is 6.07 Å². The summed E-state index contributed by atoms with van der Waals surface area (Å²) in [5, 5.41) is 11.9. The quantitative estimate of drug-likeness (QED) is 0.749. The van der Waals surface area contributed by atoms with E-state index in [1.807, 2.05) is 0 Å². The van der Waals surface area contributed by atoms with Crippen LogP contribution in [0.5, 0.6) is 0 Å². The summed E-state index contributed by atoms with van der Waals surface area (Å²) in [6.45, 7) is 1.96. The minimum absolute atomic E-state index is 0.0403. The molecule has 1 aromatic heterocycles. The lowest BCUT2D eigenvalue weighted by Gasteiger charge is -2.20. The fourth-order valence-corrected chi connectivity index (χ4v) is 1.79. The van der Waals surface area contributed by atoms with Gasteiger partial charge in [0, 0.05) is 5.92 Å². The maximum absolute atomic E-state index is 10.6. The van der Waals surface area contributed by atoms with Gasteiger partial charge in [0.05, 0.1) is 0 Å². The lowest BCUT2D eigenvalue weighted by molar-refractivity contribution is 0.0659. The minimum Gasteiger partial charge on any atom is -0.475 e. The van der Waals surface area contributed by atoms with E-state index in [-0.39, 0.29) is 5.76 Å². The van der Waals surface area contributed by atoms with E-state index in [1.54, 1.807) is 6.07 Å². The Hall–Kier alpha value is -1.29. The molecule has 76 valence electrons. The molecule has 0 amide bonds. The zero-order valence-electron chi connectivity index (χ0n) is 7.82. The van der Waals surface area contributed by atoms with Gasteiger partial charge in [0.1, 0.15) is 5.76 Å². The summed E-state index contributed by atoms with van der Waals surface area (Å²) < 4.78 is 5.26. The van der Waals surface area contributed by atoms with Gasteiger partial charge in [-0.05, 0) is 38.1 Å². The van der Waals surface area contributed by atoms with E-state index in [4.69, 9.17) is 9.52 Å². The van der Waals surface area contributed by atoms with E-state index < -0.39 is 5.97 Å². The van der Waals surface area contributed by atoms with Crippen LogP contribution in [-0.2, 0) is 0 Å². The van der Waals surface area contributed by atoms with Crippen molar-refractivity contribution in [3.63, 3.8) is 0 Å². The normalized spacial score (nSPS) is 18.3. The van der Waals surface area contributed by atoms with E-state index in [0.717, 1.165) is 31.7 Å². The molecular formula is C10H13NO3. The van der Waals surface area contributed by atoms with E-state index >= 15 is 0 Å². The summed E-state index contributed by atoms with van der Waals surface area (Å²) in [5.41, 5.74) is 0. The van der Waals surface area contributed by atoms with Crippen molar-refractivity contribution in [1.82, 2.24) is 5.32 Å². The second-order valence-electron chi connectivity index (χ2n) is 3.53. The Balaban J connectivity index is 2.11. The Labute approximate surface area is 81.9 Å². The number of rotatable bonds is 2. The van der Waals surface area contributed by atoms with Crippen LogP contribution in [0.1, 0.15) is 35.1 Å². The summed E-state index contributed by atoms with van der Waals surface area (Å²) >= 11 is 0. The number of hydrogen-bond acceptors (Lipinski definition) is 3. The Kier molecular flexibility index (Phi) is 2.54. The van der Waals surface area contributed by atoms with Gasteiger partial charge in [0.2, 0.25) is 5.76 Å². The number of piperidine rings is 1. The molecule has 0 spiro atoms. The predicted molar refractivity (Wildman–Crippen MR) is 50.5 cm³/mol. The molecule has 0 aromatic carbocycles. The summed E-state index contributed by atoms with van der Waals surface area (Å²) in [6.07, 6.45) is 2.04. The molecule has 0 aliphatic carbocycles. The van der Waals surface area contributed by atoms with Crippen molar-refractivity contribution in [2.24, 2.45) is 0 Å². The Morgan fingerprint density at radius 1 is 1.43 bits per heavy atom. The molecule has 1 saturated heterocycles. The molecule has 0 unspecified atom stereocenters. The van der Waals surface area contributed by atoms with Crippen molar-refractivity contribution in [3.05, 3.63) is 23.7 Å². The van der Waals surface area contributed by atoms with Gasteiger partial charge in [-0.25, -0.2) is 4.79 Å². The molecule has 1 aromatic rings. The van der Waals surface area contributed by atoms with Crippen LogP contribution < -0.4 is 5.32 Å². The first-order chi connectivity index (χ1) is 6.77. The number of furan rings is 1. The molecule has 1 aliphatic heterocycles. The molecular weight excluding hydrogens is 182 g/mol. The molecule has 0 atom stereocenters. The topological polar surface area (TPSA) is 62.5 Å². The highest BCUT2D eigenvalue weighted by Crippen LogP contribution is 2.26. The highest BCUT2D eigenvalue weighted by molar-refractivity contribution is 5.84. The number of hydrogen-bond donors (Lipinski definition) is 2. The SMILES string of the molecule is O=C(O)c1ccc(C2CCNCC2)o1. The smallest absolute Gasteiger partial charge is 0.371 e. The molecule has 0 saturated carbocycles. The maximum Gasteiger partial charge on any atom is 0.371 e. The molecule has 1 fully saturated rings. The predicted octanol–water partition coefficient (Wildman–Crippen LogP) is 1.44. The zero-order chi connectivity index (χ0) is 9.97. The number of carbonyl (C=O) groups is 1. The highest BCUT2D eigenvalue weighted by atomic mass is 16.4. The van der Waals surface area contributed by atoms with Crippen LogP contribution in [0.15, 0.2) is 16.5 Å². The van der Waals surface area contributed by atoms with Gasteiger partial charge < -0.3 is 14.8 Å². The summed E-state index contributed by atoms with van der Waals surface area (Å²) in [7, 11) is 0. The van der Waals surface area contributed by atoms with Crippen molar-refractivity contribution in [2.45, 2.75) is 18.8 Å². The fourth-order valence-electron chi connectivity index (χ4n) is 1.79. The van der Waals surface area contributed by atoms with Gasteiger partial charge in [-0.15, -0.1) is 0 Å². The van der Waals surface area contributed by atoms with Crippen LogP contribution in [0.2, 0.25) is 0 Å². The first kappa shape index (κ1) is 9.27. The molecule has 14 heavy (non-hydrogen) atoms. The average molecular weight is 195 g/mol. The lowest BCUT2D eigenvalue weighted by Crippen LogP contribution is -2.26. The molecule has 2 rings (SSSR count). The third-order valence-corrected chi connectivity index (χ3v) is 2.58. The minimum atomic E-state index is -0.995. The summed E-state index contributed by atoms with van der Waals surface area (Å²) in [5.74, 6) is 0.233. The van der Waals surface area contributed by atoms with Gasteiger partial charge in [-0.2, -0.15) is 0 Å².